The van der Waals surface area contributed by atoms with Crippen molar-refractivity contribution in [2.24, 2.45) is 0 Å². The van der Waals surface area contributed by atoms with E-state index in [2.05, 4.69) is 16.0 Å². The van der Waals surface area contributed by atoms with Gasteiger partial charge in [0.25, 0.3) is 5.91 Å². The van der Waals surface area contributed by atoms with E-state index >= 15 is 0 Å². The van der Waals surface area contributed by atoms with Crippen molar-refractivity contribution >= 4 is 28.9 Å². The fraction of sp³-hybridized carbons (Fsp3) is 0.158. The summed E-state index contributed by atoms with van der Waals surface area (Å²) in [6.07, 6.45) is 0. The second-order valence-corrected chi connectivity index (χ2v) is 6.34. The highest BCUT2D eigenvalue weighted by Crippen LogP contribution is 2.30. The van der Waals surface area contributed by atoms with Gasteiger partial charge >= 0.3 is 0 Å². The average molecular weight is 389 g/mol. The predicted molar refractivity (Wildman–Crippen MR) is 102 cm³/mol. The van der Waals surface area contributed by atoms with Crippen LogP contribution in [-0.2, 0) is 4.79 Å². The number of nitrogens with one attached hydrogen (secondary N) is 3. The average Bonchev–Trinajstić information content (AvgIpc) is 2.64. The van der Waals surface area contributed by atoms with Crippen molar-refractivity contribution in [3.8, 4) is 5.75 Å². The van der Waals surface area contributed by atoms with Crippen LogP contribution in [0.3, 0.4) is 0 Å². The topological polar surface area (TPSA) is 62.4 Å². The number of thiocarbonyl (C=S) groups is 1. The fourth-order valence-corrected chi connectivity index (χ4v) is 3.11. The minimum Gasteiger partial charge on any atom is -0.497 e. The highest BCUT2D eigenvalue weighted by atomic mass is 32.1. The largest absolute Gasteiger partial charge is 0.497 e. The third-order valence-electron chi connectivity index (χ3n) is 4.12. The first-order valence-corrected chi connectivity index (χ1v) is 8.48. The minimum absolute atomic E-state index is 0.150. The van der Waals surface area contributed by atoms with Gasteiger partial charge in [0, 0.05) is 17.5 Å². The molecule has 0 fully saturated rings. The number of halogens is 2. The lowest BCUT2D eigenvalue weighted by Gasteiger charge is -2.30. The first-order chi connectivity index (χ1) is 12.9. The van der Waals surface area contributed by atoms with Crippen molar-refractivity contribution in [3.63, 3.8) is 0 Å². The summed E-state index contributed by atoms with van der Waals surface area (Å²) in [6, 6.07) is 9.88. The van der Waals surface area contributed by atoms with Gasteiger partial charge in [-0.25, -0.2) is 8.78 Å². The number of methoxy groups -OCH3 is 1. The summed E-state index contributed by atoms with van der Waals surface area (Å²) in [4.78, 5) is 12.9. The lowest BCUT2D eigenvalue weighted by atomic mass is 9.94. The maximum absolute atomic E-state index is 13.4. The van der Waals surface area contributed by atoms with E-state index in [4.69, 9.17) is 17.0 Å². The standard InChI is InChI=1S/C19H17F2N3O2S/c1-10-16(18(25)23-12-6-7-14(20)15(21)9-12)17(24-19(27)22-10)11-4-3-5-13(8-11)26-2/h3-9,17H,1-2H3,(H,23,25)(H2,22,24,27). The summed E-state index contributed by atoms with van der Waals surface area (Å²) >= 11 is 5.21. The number of anilines is 1. The maximum atomic E-state index is 13.4. The molecule has 3 rings (SSSR count). The second kappa shape index (κ2) is 7.71. The van der Waals surface area contributed by atoms with E-state index in [0.29, 0.717) is 22.1 Å². The Balaban J connectivity index is 1.95. The zero-order valence-electron chi connectivity index (χ0n) is 14.6. The molecule has 1 amide bonds. The Morgan fingerprint density at radius 3 is 2.67 bits per heavy atom. The third kappa shape index (κ3) is 4.06. The van der Waals surface area contributed by atoms with Gasteiger partial charge < -0.3 is 20.7 Å². The van der Waals surface area contributed by atoms with Gasteiger partial charge in [-0.15, -0.1) is 0 Å². The highest BCUT2D eigenvalue weighted by Gasteiger charge is 2.30. The molecule has 3 N–H and O–H groups in total. The second-order valence-electron chi connectivity index (χ2n) is 5.93. The lowest BCUT2D eigenvalue weighted by molar-refractivity contribution is -0.113. The van der Waals surface area contributed by atoms with Gasteiger partial charge in [-0.3, -0.25) is 4.79 Å². The number of amides is 1. The van der Waals surface area contributed by atoms with Gasteiger partial charge in [-0.05, 0) is 49.0 Å². The van der Waals surface area contributed by atoms with Crippen LogP contribution in [0.4, 0.5) is 14.5 Å². The molecule has 140 valence electrons. The molecular weight excluding hydrogens is 372 g/mol. The first-order valence-electron chi connectivity index (χ1n) is 8.07. The molecule has 0 saturated carbocycles. The van der Waals surface area contributed by atoms with E-state index in [-0.39, 0.29) is 5.69 Å². The summed E-state index contributed by atoms with van der Waals surface area (Å²) < 4.78 is 31.8. The predicted octanol–water partition coefficient (Wildman–Crippen LogP) is 3.40. The summed E-state index contributed by atoms with van der Waals surface area (Å²) in [6.45, 7) is 1.72. The molecule has 0 radical (unpaired) electrons. The van der Waals surface area contributed by atoms with Gasteiger partial charge in [-0.2, -0.15) is 0 Å². The third-order valence-corrected chi connectivity index (χ3v) is 4.34. The number of hydrogen-bond acceptors (Lipinski definition) is 3. The van der Waals surface area contributed by atoms with E-state index in [1.807, 2.05) is 6.07 Å². The van der Waals surface area contributed by atoms with Gasteiger partial charge in [0.2, 0.25) is 0 Å². The van der Waals surface area contributed by atoms with Crippen molar-refractivity contribution in [1.82, 2.24) is 10.6 Å². The van der Waals surface area contributed by atoms with Crippen molar-refractivity contribution in [2.45, 2.75) is 13.0 Å². The summed E-state index contributed by atoms with van der Waals surface area (Å²) in [5, 5.41) is 8.96. The summed E-state index contributed by atoms with van der Waals surface area (Å²) in [5.74, 6) is -1.85. The van der Waals surface area contributed by atoms with Crippen molar-refractivity contribution in [1.29, 1.82) is 0 Å². The molecule has 8 heteroatoms. The van der Waals surface area contributed by atoms with Gasteiger partial charge in [0.05, 0.1) is 18.7 Å². The molecule has 27 heavy (non-hydrogen) atoms. The van der Waals surface area contributed by atoms with Crippen LogP contribution in [0.15, 0.2) is 53.7 Å². The summed E-state index contributed by atoms with van der Waals surface area (Å²) in [7, 11) is 1.55. The Hall–Kier alpha value is -3.00. The van der Waals surface area contributed by atoms with E-state index in [9.17, 15) is 13.6 Å². The van der Waals surface area contributed by atoms with Crippen LogP contribution in [-0.4, -0.2) is 18.1 Å². The van der Waals surface area contributed by atoms with Crippen LogP contribution in [0.5, 0.6) is 5.75 Å². The van der Waals surface area contributed by atoms with Crippen LogP contribution in [0.1, 0.15) is 18.5 Å². The molecule has 0 bridgehead atoms. The van der Waals surface area contributed by atoms with Crippen molar-refractivity contribution < 1.29 is 18.3 Å². The van der Waals surface area contributed by atoms with Crippen molar-refractivity contribution in [3.05, 3.63) is 70.9 Å². The fourth-order valence-electron chi connectivity index (χ4n) is 2.84. The molecule has 0 aliphatic carbocycles. The molecule has 1 heterocycles. The van der Waals surface area contributed by atoms with Gasteiger partial charge in [-0.1, -0.05) is 12.1 Å². The van der Waals surface area contributed by atoms with Crippen molar-refractivity contribution in [2.75, 3.05) is 12.4 Å². The normalized spacial score (nSPS) is 16.4. The quantitative estimate of drug-likeness (QED) is 0.700. The number of carbonyl (C=O) groups is 1. The summed E-state index contributed by atoms with van der Waals surface area (Å²) in [5.41, 5.74) is 1.86. The zero-order valence-corrected chi connectivity index (χ0v) is 15.4. The van der Waals surface area contributed by atoms with Crippen LogP contribution < -0.4 is 20.7 Å². The Morgan fingerprint density at radius 1 is 1.19 bits per heavy atom. The number of hydrogen-bond donors (Lipinski definition) is 3. The Labute approximate surface area is 160 Å². The number of ether oxygens (including phenoxy) is 1. The molecule has 5 nitrogen and oxygen atoms in total. The number of benzene rings is 2. The zero-order chi connectivity index (χ0) is 19.6. The Morgan fingerprint density at radius 2 is 1.96 bits per heavy atom. The number of allylic oxidation sites excluding steroid dienone is 1. The number of carbonyl (C=O) groups excluding carboxylic acids is 1. The monoisotopic (exact) mass is 389 g/mol. The molecule has 1 atom stereocenters. The Kier molecular flexibility index (Phi) is 5.36. The minimum atomic E-state index is -1.04. The first kappa shape index (κ1) is 18.8. The van der Waals surface area contributed by atoms with E-state index < -0.39 is 23.6 Å². The van der Waals surface area contributed by atoms with Crippen LogP contribution >= 0.6 is 12.2 Å². The van der Waals surface area contributed by atoms with Gasteiger partial charge in [0.15, 0.2) is 16.7 Å². The SMILES string of the molecule is COc1cccc(C2NC(=S)NC(C)=C2C(=O)Nc2ccc(F)c(F)c2)c1. The maximum Gasteiger partial charge on any atom is 0.255 e. The molecule has 0 aromatic heterocycles. The molecule has 1 aliphatic rings. The smallest absolute Gasteiger partial charge is 0.255 e. The Bertz CT molecular complexity index is 946. The molecule has 2 aromatic rings. The molecule has 0 saturated heterocycles. The molecular formula is C19H17F2N3O2S. The van der Waals surface area contributed by atoms with Gasteiger partial charge in [0.1, 0.15) is 5.75 Å². The van der Waals surface area contributed by atoms with Crippen LogP contribution in [0.25, 0.3) is 0 Å². The molecule has 1 unspecified atom stereocenters. The molecule has 2 aromatic carbocycles. The molecule has 1 aliphatic heterocycles. The van der Waals surface area contributed by atoms with E-state index in [1.54, 1.807) is 32.2 Å². The van der Waals surface area contributed by atoms with Crippen LogP contribution in [0, 0.1) is 11.6 Å². The number of rotatable bonds is 4. The highest BCUT2D eigenvalue weighted by molar-refractivity contribution is 7.80. The van der Waals surface area contributed by atoms with E-state index in [1.165, 1.54) is 6.07 Å². The molecule has 0 spiro atoms. The van der Waals surface area contributed by atoms with Crippen LogP contribution in [0.2, 0.25) is 0 Å². The van der Waals surface area contributed by atoms with E-state index in [0.717, 1.165) is 17.7 Å². The lowest BCUT2D eigenvalue weighted by Crippen LogP contribution is -2.45.